The van der Waals surface area contributed by atoms with Gasteiger partial charge in [0, 0.05) is 0 Å². The molecule has 0 bridgehead atoms. The van der Waals surface area contributed by atoms with E-state index in [1.807, 2.05) is 32.0 Å². The highest BCUT2D eigenvalue weighted by Crippen LogP contribution is 2.34. The topological polar surface area (TPSA) is 47.6 Å². The molecule has 0 aliphatic carbocycles. The molecule has 4 nitrogen and oxygen atoms in total. The number of rotatable bonds is 7. The first-order chi connectivity index (χ1) is 10.1. The highest BCUT2D eigenvalue weighted by atomic mass is 32.2. The van der Waals surface area contributed by atoms with Crippen LogP contribution < -0.4 is 14.8 Å². The average molecular weight is 309 g/mol. The van der Waals surface area contributed by atoms with Crippen molar-refractivity contribution in [3.8, 4) is 11.5 Å². The number of thioether (sulfide) groups is 1. The monoisotopic (exact) mass is 309 g/mol. The summed E-state index contributed by atoms with van der Waals surface area (Å²) in [5.41, 5.74) is 1.03. The summed E-state index contributed by atoms with van der Waals surface area (Å²) in [6.07, 6.45) is 2.31. The van der Waals surface area contributed by atoms with Crippen LogP contribution in [0, 0.1) is 0 Å². The van der Waals surface area contributed by atoms with E-state index in [9.17, 15) is 4.79 Å². The van der Waals surface area contributed by atoms with Crippen LogP contribution in [0.2, 0.25) is 0 Å². The number of amides is 1. The van der Waals surface area contributed by atoms with Crippen LogP contribution in [0.15, 0.2) is 18.2 Å². The van der Waals surface area contributed by atoms with Crippen molar-refractivity contribution in [1.82, 2.24) is 5.32 Å². The summed E-state index contributed by atoms with van der Waals surface area (Å²) in [5, 5.41) is 3.04. The molecule has 0 spiro atoms. The molecule has 1 heterocycles. The van der Waals surface area contributed by atoms with Gasteiger partial charge in [-0.2, -0.15) is 0 Å². The van der Waals surface area contributed by atoms with Gasteiger partial charge in [-0.1, -0.05) is 19.4 Å². The zero-order valence-corrected chi connectivity index (χ0v) is 13.7. The molecule has 2 atom stereocenters. The summed E-state index contributed by atoms with van der Waals surface area (Å²) >= 11 is 1.71. The van der Waals surface area contributed by atoms with E-state index < -0.39 is 0 Å². The number of ether oxygens (including phenoxy) is 2. The summed E-state index contributed by atoms with van der Waals surface area (Å²) < 4.78 is 10.7. The van der Waals surface area contributed by atoms with E-state index in [-0.39, 0.29) is 24.0 Å². The number of fused-ring (bicyclic) bond motifs is 1. The Bertz CT molecular complexity index is 492. The van der Waals surface area contributed by atoms with E-state index in [2.05, 4.69) is 12.2 Å². The number of nitrogens with one attached hydrogen (secondary N) is 1. The van der Waals surface area contributed by atoms with Crippen molar-refractivity contribution in [2.45, 2.75) is 44.9 Å². The minimum absolute atomic E-state index is 0.0204. The fourth-order valence-corrected chi connectivity index (χ4v) is 3.10. The predicted molar refractivity (Wildman–Crippen MR) is 86.0 cm³/mol. The molecule has 1 aromatic rings. The molecule has 2 rings (SSSR count). The molecule has 1 amide bonds. The Morgan fingerprint density at radius 3 is 2.86 bits per heavy atom. The maximum Gasteiger partial charge on any atom is 0.233 e. The van der Waals surface area contributed by atoms with Gasteiger partial charge in [-0.15, -0.1) is 11.8 Å². The predicted octanol–water partition coefficient (Wildman–Crippen LogP) is 3.51. The van der Waals surface area contributed by atoms with Crippen LogP contribution in [0.3, 0.4) is 0 Å². The highest BCUT2D eigenvalue weighted by Gasteiger charge is 2.19. The molecule has 21 heavy (non-hydrogen) atoms. The Morgan fingerprint density at radius 1 is 1.33 bits per heavy atom. The molecule has 116 valence electrons. The number of carbonyl (C=O) groups excluding carboxylic acids is 1. The third-order valence-corrected chi connectivity index (χ3v) is 4.73. The molecular formula is C16H23NO3S. The summed E-state index contributed by atoms with van der Waals surface area (Å²) in [7, 11) is 0. The van der Waals surface area contributed by atoms with Crippen LogP contribution in [0.25, 0.3) is 0 Å². The summed E-state index contributed by atoms with van der Waals surface area (Å²) in [6.45, 7) is 6.37. The van der Waals surface area contributed by atoms with Crippen molar-refractivity contribution in [3.05, 3.63) is 23.8 Å². The maximum absolute atomic E-state index is 12.2. The molecular weight excluding hydrogens is 286 g/mol. The summed E-state index contributed by atoms with van der Waals surface area (Å²) in [6, 6.07) is 5.75. The normalized spacial score (nSPS) is 15.6. The fraction of sp³-hybridized carbons (Fsp3) is 0.562. The van der Waals surface area contributed by atoms with Crippen LogP contribution in [-0.4, -0.2) is 23.7 Å². The van der Waals surface area contributed by atoms with Gasteiger partial charge in [-0.05, 0) is 43.7 Å². The molecule has 0 fully saturated rings. The molecule has 0 saturated carbocycles. The first kappa shape index (κ1) is 16.0. The van der Waals surface area contributed by atoms with Crippen molar-refractivity contribution in [2.75, 3.05) is 12.5 Å². The van der Waals surface area contributed by atoms with E-state index in [4.69, 9.17) is 9.47 Å². The van der Waals surface area contributed by atoms with Crippen LogP contribution >= 0.6 is 11.8 Å². The van der Waals surface area contributed by atoms with Gasteiger partial charge < -0.3 is 14.8 Å². The first-order valence-corrected chi connectivity index (χ1v) is 8.48. The Hall–Kier alpha value is -1.36. The van der Waals surface area contributed by atoms with Gasteiger partial charge >= 0.3 is 0 Å². The quantitative estimate of drug-likeness (QED) is 0.783. The molecule has 1 N–H and O–H groups in total. The number of benzene rings is 1. The molecule has 0 aromatic heterocycles. The maximum atomic E-state index is 12.2. The molecule has 0 radical (unpaired) electrons. The minimum Gasteiger partial charge on any atom is -0.454 e. The molecule has 1 aromatic carbocycles. The number of hydrogen-bond acceptors (Lipinski definition) is 4. The van der Waals surface area contributed by atoms with E-state index in [0.29, 0.717) is 0 Å². The van der Waals surface area contributed by atoms with Gasteiger partial charge in [-0.3, -0.25) is 4.79 Å². The van der Waals surface area contributed by atoms with Gasteiger partial charge in [0.15, 0.2) is 11.5 Å². The van der Waals surface area contributed by atoms with E-state index in [1.54, 1.807) is 11.8 Å². The molecule has 5 heteroatoms. The Labute approximate surface area is 130 Å². The second-order valence-electron chi connectivity index (χ2n) is 5.21. The van der Waals surface area contributed by atoms with Crippen LogP contribution in [0.4, 0.5) is 0 Å². The van der Waals surface area contributed by atoms with Crippen molar-refractivity contribution >= 4 is 17.7 Å². The van der Waals surface area contributed by atoms with Crippen LogP contribution in [-0.2, 0) is 4.79 Å². The standard InChI is InChI=1S/C16H23NO3S/c1-4-5-8-21-12(3)16(18)17-11(2)13-6-7-14-15(9-13)20-10-19-14/h6-7,9,11-12H,4-5,8,10H2,1-3H3,(H,17,18). The van der Waals surface area contributed by atoms with Crippen LogP contribution in [0.1, 0.15) is 45.2 Å². The lowest BCUT2D eigenvalue weighted by Gasteiger charge is -2.18. The van der Waals surface area contributed by atoms with Crippen molar-refractivity contribution in [2.24, 2.45) is 0 Å². The number of hydrogen-bond donors (Lipinski definition) is 1. The van der Waals surface area contributed by atoms with Gasteiger partial charge in [0.1, 0.15) is 0 Å². The van der Waals surface area contributed by atoms with Crippen LogP contribution in [0.5, 0.6) is 11.5 Å². The summed E-state index contributed by atoms with van der Waals surface area (Å²) in [4.78, 5) is 12.2. The lowest BCUT2D eigenvalue weighted by atomic mass is 10.1. The smallest absolute Gasteiger partial charge is 0.233 e. The molecule has 1 aliphatic rings. The largest absolute Gasteiger partial charge is 0.454 e. The SMILES string of the molecule is CCCCSC(C)C(=O)NC(C)c1ccc2c(c1)OCO2. The zero-order chi connectivity index (χ0) is 15.2. The second kappa shape index (κ2) is 7.59. The average Bonchev–Trinajstić information content (AvgIpc) is 2.94. The fourth-order valence-electron chi connectivity index (χ4n) is 2.08. The molecule has 1 aliphatic heterocycles. The van der Waals surface area contributed by atoms with Gasteiger partial charge in [-0.25, -0.2) is 0 Å². The van der Waals surface area contributed by atoms with Gasteiger partial charge in [0.2, 0.25) is 12.7 Å². The number of unbranched alkanes of at least 4 members (excludes halogenated alkanes) is 1. The second-order valence-corrected chi connectivity index (χ2v) is 6.66. The molecule has 0 saturated heterocycles. The number of carbonyl (C=O) groups is 1. The van der Waals surface area contributed by atoms with Crippen molar-refractivity contribution in [1.29, 1.82) is 0 Å². The van der Waals surface area contributed by atoms with Crippen molar-refractivity contribution < 1.29 is 14.3 Å². The summed E-state index contributed by atoms with van der Waals surface area (Å²) in [5.74, 6) is 2.63. The van der Waals surface area contributed by atoms with E-state index >= 15 is 0 Å². The van der Waals surface area contributed by atoms with Crippen molar-refractivity contribution in [3.63, 3.8) is 0 Å². The third-order valence-electron chi connectivity index (χ3n) is 3.49. The van der Waals surface area contributed by atoms with Gasteiger partial charge in [0.05, 0.1) is 11.3 Å². The van der Waals surface area contributed by atoms with Gasteiger partial charge in [0.25, 0.3) is 0 Å². The lowest BCUT2D eigenvalue weighted by Crippen LogP contribution is -2.33. The Balaban J connectivity index is 1.88. The van der Waals surface area contributed by atoms with E-state index in [1.165, 1.54) is 0 Å². The Morgan fingerprint density at radius 2 is 2.10 bits per heavy atom. The molecule has 2 unspecified atom stereocenters. The lowest BCUT2D eigenvalue weighted by molar-refractivity contribution is -0.120. The zero-order valence-electron chi connectivity index (χ0n) is 12.8. The van der Waals surface area contributed by atoms with E-state index in [0.717, 1.165) is 35.7 Å². The third kappa shape index (κ3) is 4.30. The Kier molecular flexibility index (Phi) is 5.79. The first-order valence-electron chi connectivity index (χ1n) is 7.43. The highest BCUT2D eigenvalue weighted by molar-refractivity contribution is 8.00. The minimum atomic E-state index is -0.0405.